The molecule has 0 saturated heterocycles. The van der Waals surface area contributed by atoms with Gasteiger partial charge in [-0.15, -0.1) is 0 Å². The van der Waals surface area contributed by atoms with E-state index in [-0.39, 0.29) is 5.56 Å². The second-order valence-corrected chi connectivity index (χ2v) is 4.48. The van der Waals surface area contributed by atoms with Gasteiger partial charge in [0.15, 0.2) is 0 Å². The number of nitrogens with zero attached hydrogens (tertiary/aromatic N) is 2. The average Bonchev–Trinajstić information content (AvgIpc) is 2.82. The molecule has 2 aromatic rings. The molecule has 2 heterocycles. The first-order valence-electron chi connectivity index (χ1n) is 6.23. The highest BCUT2D eigenvalue weighted by Crippen LogP contribution is 2.07. The van der Waals surface area contributed by atoms with Crippen LogP contribution in [-0.4, -0.2) is 22.9 Å². The number of methoxy groups -OCH3 is 1. The van der Waals surface area contributed by atoms with Gasteiger partial charge >= 0.3 is 0 Å². The molecule has 0 fully saturated rings. The van der Waals surface area contributed by atoms with Gasteiger partial charge in [-0.2, -0.15) is 0 Å². The van der Waals surface area contributed by atoms with Crippen molar-refractivity contribution in [2.75, 3.05) is 19.0 Å². The molecular weight excluding hydrogens is 242 g/mol. The van der Waals surface area contributed by atoms with Gasteiger partial charge in [-0.1, -0.05) is 0 Å². The molecule has 0 aliphatic heterocycles. The Morgan fingerprint density at radius 3 is 2.79 bits per heavy atom. The Kier molecular flexibility index (Phi) is 4.41. The van der Waals surface area contributed by atoms with Crippen molar-refractivity contribution in [3.8, 4) is 0 Å². The molecule has 0 aliphatic rings. The maximum absolute atomic E-state index is 11.6. The highest BCUT2D eigenvalue weighted by atomic mass is 16.5. The molecule has 1 N–H and O–H groups in total. The van der Waals surface area contributed by atoms with Gasteiger partial charge in [0.2, 0.25) is 0 Å². The number of pyridine rings is 1. The lowest BCUT2D eigenvalue weighted by molar-refractivity contribution is 0.186. The van der Waals surface area contributed by atoms with Crippen molar-refractivity contribution in [2.45, 2.75) is 13.1 Å². The van der Waals surface area contributed by atoms with E-state index in [0.717, 1.165) is 12.2 Å². The van der Waals surface area contributed by atoms with Crippen LogP contribution in [0.2, 0.25) is 0 Å². The predicted molar refractivity (Wildman–Crippen MR) is 75.3 cm³/mol. The fourth-order valence-corrected chi connectivity index (χ4v) is 1.87. The Morgan fingerprint density at radius 1 is 1.26 bits per heavy atom. The zero-order valence-corrected chi connectivity index (χ0v) is 11.3. The minimum atomic E-state index is -0.0117. The van der Waals surface area contributed by atoms with Crippen LogP contribution in [0.15, 0.2) is 41.6 Å². The third-order valence-corrected chi connectivity index (χ3v) is 2.91. The molecule has 0 aromatic carbocycles. The maximum atomic E-state index is 11.6. The van der Waals surface area contributed by atoms with Crippen LogP contribution in [0.1, 0.15) is 5.56 Å². The lowest BCUT2D eigenvalue weighted by Gasteiger charge is -2.09. The third-order valence-electron chi connectivity index (χ3n) is 2.91. The standard InChI is InChI=1S/C14H19N3O2/c1-16-6-5-12(10-16)9-15-13-3-4-14(18)17(11-13)7-8-19-2/h3-6,10-11,15H,7-9H2,1-2H3. The number of hydrogen-bond donors (Lipinski definition) is 1. The van der Waals surface area contributed by atoms with Crippen LogP contribution < -0.4 is 10.9 Å². The van der Waals surface area contributed by atoms with Gasteiger partial charge in [0.1, 0.15) is 0 Å². The monoisotopic (exact) mass is 261 g/mol. The van der Waals surface area contributed by atoms with Crippen LogP contribution in [0.3, 0.4) is 0 Å². The lowest BCUT2D eigenvalue weighted by atomic mass is 10.3. The van der Waals surface area contributed by atoms with Gasteiger partial charge in [0.05, 0.1) is 12.3 Å². The molecule has 0 bridgehead atoms. The summed E-state index contributed by atoms with van der Waals surface area (Å²) in [5.74, 6) is 0. The van der Waals surface area contributed by atoms with Crippen LogP contribution in [0.5, 0.6) is 0 Å². The van der Waals surface area contributed by atoms with E-state index in [4.69, 9.17) is 4.74 Å². The van der Waals surface area contributed by atoms with Gasteiger partial charge in [0, 0.05) is 51.9 Å². The number of rotatable bonds is 6. The topological polar surface area (TPSA) is 48.2 Å². The Bertz CT molecular complexity index is 586. The Balaban J connectivity index is 2.02. The molecule has 19 heavy (non-hydrogen) atoms. The van der Waals surface area contributed by atoms with Crippen molar-refractivity contribution in [1.29, 1.82) is 0 Å². The second-order valence-electron chi connectivity index (χ2n) is 4.48. The zero-order valence-electron chi connectivity index (χ0n) is 11.3. The number of nitrogens with one attached hydrogen (secondary N) is 1. The minimum absolute atomic E-state index is 0.0117. The molecule has 0 aliphatic carbocycles. The first kappa shape index (κ1) is 13.4. The first-order valence-corrected chi connectivity index (χ1v) is 6.23. The van der Waals surface area contributed by atoms with Crippen molar-refractivity contribution in [3.63, 3.8) is 0 Å². The van der Waals surface area contributed by atoms with Crippen LogP contribution >= 0.6 is 0 Å². The van der Waals surface area contributed by atoms with E-state index < -0.39 is 0 Å². The third kappa shape index (κ3) is 3.72. The van der Waals surface area contributed by atoms with E-state index in [1.807, 2.05) is 24.0 Å². The molecule has 0 radical (unpaired) electrons. The van der Waals surface area contributed by atoms with Crippen molar-refractivity contribution in [2.24, 2.45) is 7.05 Å². The van der Waals surface area contributed by atoms with Crippen LogP contribution in [0, 0.1) is 0 Å². The quantitative estimate of drug-likeness (QED) is 0.856. The van der Waals surface area contributed by atoms with Gasteiger partial charge < -0.3 is 19.2 Å². The molecule has 0 atom stereocenters. The summed E-state index contributed by atoms with van der Waals surface area (Å²) in [7, 11) is 3.62. The van der Waals surface area contributed by atoms with Gasteiger partial charge in [-0.25, -0.2) is 0 Å². The fraction of sp³-hybridized carbons (Fsp3) is 0.357. The van der Waals surface area contributed by atoms with Crippen LogP contribution in [-0.2, 0) is 24.9 Å². The molecule has 2 rings (SSSR count). The highest BCUT2D eigenvalue weighted by Gasteiger charge is 1.99. The van der Waals surface area contributed by atoms with Crippen molar-refractivity contribution in [1.82, 2.24) is 9.13 Å². The molecule has 102 valence electrons. The van der Waals surface area contributed by atoms with Gasteiger partial charge in [-0.3, -0.25) is 4.79 Å². The number of aryl methyl sites for hydroxylation is 1. The molecule has 5 heteroatoms. The van der Waals surface area contributed by atoms with E-state index in [9.17, 15) is 4.79 Å². The largest absolute Gasteiger partial charge is 0.383 e. The van der Waals surface area contributed by atoms with Crippen molar-refractivity contribution in [3.05, 3.63) is 52.7 Å². The smallest absolute Gasteiger partial charge is 0.250 e. The van der Waals surface area contributed by atoms with E-state index in [0.29, 0.717) is 13.2 Å². The predicted octanol–water partition coefficient (Wildman–Crippen LogP) is 1.45. The summed E-state index contributed by atoms with van der Waals surface area (Å²) < 4.78 is 8.65. The summed E-state index contributed by atoms with van der Waals surface area (Å²) in [6.07, 6.45) is 5.90. The Hall–Kier alpha value is -2.01. The van der Waals surface area contributed by atoms with E-state index >= 15 is 0 Å². The maximum Gasteiger partial charge on any atom is 0.250 e. The molecule has 5 nitrogen and oxygen atoms in total. The minimum Gasteiger partial charge on any atom is -0.383 e. The molecule has 0 amide bonds. The fourth-order valence-electron chi connectivity index (χ4n) is 1.87. The first-order chi connectivity index (χ1) is 9.19. The Morgan fingerprint density at radius 2 is 2.11 bits per heavy atom. The molecule has 0 spiro atoms. The van der Waals surface area contributed by atoms with Gasteiger partial charge in [0.25, 0.3) is 5.56 Å². The van der Waals surface area contributed by atoms with E-state index in [1.54, 1.807) is 23.8 Å². The molecule has 0 unspecified atom stereocenters. The zero-order chi connectivity index (χ0) is 13.7. The second kappa shape index (κ2) is 6.24. The summed E-state index contributed by atoms with van der Waals surface area (Å²) in [6.45, 7) is 1.83. The number of ether oxygens (including phenoxy) is 1. The summed E-state index contributed by atoms with van der Waals surface area (Å²) in [4.78, 5) is 11.6. The van der Waals surface area contributed by atoms with E-state index in [2.05, 4.69) is 17.6 Å². The summed E-state index contributed by atoms with van der Waals surface area (Å²) in [6, 6.07) is 5.44. The average molecular weight is 261 g/mol. The van der Waals surface area contributed by atoms with Crippen LogP contribution in [0.4, 0.5) is 5.69 Å². The molecule has 2 aromatic heterocycles. The Labute approximate surface area is 112 Å². The van der Waals surface area contributed by atoms with E-state index in [1.165, 1.54) is 5.56 Å². The van der Waals surface area contributed by atoms with Gasteiger partial charge in [-0.05, 0) is 17.7 Å². The summed E-state index contributed by atoms with van der Waals surface area (Å²) >= 11 is 0. The summed E-state index contributed by atoms with van der Waals surface area (Å²) in [5, 5.41) is 3.30. The molecular formula is C14H19N3O2. The number of aromatic nitrogens is 2. The summed E-state index contributed by atoms with van der Waals surface area (Å²) in [5.41, 5.74) is 2.12. The van der Waals surface area contributed by atoms with Crippen LogP contribution in [0.25, 0.3) is 0 Å². The molecule has 0 saturated carbocycles. The van der Waals surface area contributed by atoms with Crippen molar-refractivity contribution >= 4 is 5.69 Å². The normalized spacial score (nSPS) is 10.6. The number of anilines is 1. The SMILES string of the molecule is COCCn1cc(NCc2ccn(C)c2)ccc1=O. The highest BCUT2D eigenvalue weighted by molar-refractivity contribution is 5.41. The lowest BCUT2D eigenvalue weighted by Crippen LogP contribution is -2.21. The number of hydrogen-bond acceptors (Lipinski definition) is 3. The van der Waals surface area contributed by atoms with Crippen molar-refractivity contribution < 1.29 is 4.74 Å².